The van der Waals surface area contributed by atoms with Crippen LogP contribution in [-0.2, 0) is 9.53 Å². The number of benzene rings is 2. The van der Waals surface area contributed by atoms with Crippen LogP contribution in [0.25, 0.3) is 0 Å². The molecule has 25 heavy (non-hydrogen) atoms. The molecule has 1 atom stereocenters. The SMILES string of the molecule is CCOCCC(=O)NC(C)c1cccc(NC(=O)c2ccccc2)c1. The summed E-state index contributed by atoms with van der Waals surface area (Å²) in [4.78, 5) is 24.1. The molecule has 0 aliphatic rings. The zero-order valence-corrected chi connectivity index (χ0v) is 14.6. The molecule has 2 aromatic carbocycles. The highest BCUT2D eigenvalue weighted by atomic mass is 16.5. The molecule has 0 radical (unpaired) electrons. The van der Waals surface area contributed by atoms with E-state index in [9.17, 15) is 9.59 Å². The van der Waals surface area contributed by atoms with Gasteiger partial charge in [-0.15, -0.1) is 0 Å². The van der Waals surface area contributed by atoms with Gasteiger partial charge >= 0.3 is 0 Å². The fourth-order valence-electron chi connectivity index (χ4n) is 2.38. The van der Waals surface area contributed by atoms with Crippen LogP contribution in [0.2, 0.25) is 0 Å². The third-order valence-corrected chi connectivity index (χ3v) is 3.74. The van der Waals surface area contributed by atoms with Gasteiger partial charge in [0, 0.05) is 24.3 Å². The standard InChI is InChI=1S/C20H24N2O3/c1-3-25-13-12-19(23)21-15(2)17-10-7-11-18(14-17)22-20(24)16-8-5-4-6-9-16/h4-11,14-15H,3,12-13H2,1-2H3,(H,21,23)(H,22,24). The number of rotatable bonds is 8. The normalized spacial score (nSPS) is 11.6. The summed E-state index contributed by atoms with van der Waals surface area (Å²) in [6, 6.07) is 16.4. The zero-order chi connectivity index (χ0) is 18.1. The van der Waals surface area contributed by atoms with Crippen LogP contribution in [0.1, 0.15) is 42.2 Å². The molecule has 132 valence electrons. The molecular weight excluding hydrogens is 316 g/mol. The molecule has 0 saturated heterocycles. The van der Waals surface area contributed by atoms with Crippen molar-refractivity contribution in [3.63, 3.8) is 0 Å². The number of carbonyl (C=O) groups is 2. The second-order valence-electron chi connectivity index (χ2n) is 5.68. The molecule has 0 fully saturated rings. The van der Waals surface area contributed by atoms with E-state index < -0.39 is 0 Å². The Bertz CT molecular complexity index is 701. The number of anilines is 1. The van der Waals surface area contributed by atoms with Crippen LogP contribution in [0, 0.1) is 0 Å². The smallest absolute Gasteiger partial charge is 0.255 e. The van der Waals surface area contributed by atoms with Crippen LogP contribution in [0.4, 0.5) is 5.69 Å². The van der Waals surface area contributed by atoms with Crippen LogP contribution >= 0.6 is 0 Å². The van der Waals surface area contributed by atoms with E-state index in [0.717, 1.165) is 5.56 Å². The van der Waals surface area contributed by atoms with Crippen molar-refractivity contribution in [1.82, 2.24) is 5.32 Å². The molecule has 2 amide bonds. The Morgan fingerprint density at radius 1 is 1.08 bits per heavy atom. The van der Waals surface area contributed by atoms with E-state index >= 15 is 0 Å². The fraction of sp³-hybridized carbons (Fsp3) is 0.300. The Morgan fingerprint density at radius 2 is 1.84 bits per heavy atom. The highest BCUT2D eigenvalue weighted by Crippen LogP contribution is 2.18. The maximum atomic E-state index is 12.2. The van der Waals surface area contributed by atoms with Gasteiger partial charge in [0.15, 0.2) is 0 Å². The van der Waals surface area contributed by atoms with Crippen LogP contribution in [0.3, 0.4) is 0 Å². The molecular formula is C20H24N2O3. The minimum Gasteiger partial charge on any atom is -0.381 e. The van der Waals surface area contributed by atoms with Gasteiger partial charge in [-0.1, -0.05) is 30.3 Å². The maximum Gasteiger partial charge on any atom is 0.255 e. The summed E-state index contributed by atoms with van der Waals surface area (Å²) in [5, 5.41) is 5.81. The molecule has 0 heterocycles. The lowest BCUT2D eigenvalue weighted by Gasteiger charge is -2.16. The van der Waals surface area contributed by atoms with Crippen LogP contribution < -0.4 is 10.6 Å². The summed E-state index contributed by atoms with van der Waals surface area (Å²) in [5.74, 6) is -0.217. The third kappa shape index (κ3) is 6.04. The average molecular weight is 340 g/mol. The predicted molar refractivity (Wildman–Crippen MR) is 98.5 cm³/mol. The lowest BCUT2D eigenvalue weighted by atomic mass is 10.1. The summed E-state index contributed by atoms with van der Waals surface area (Å²) < 4.78 is 5.19. The van der Waals surface area contributed by atoms with Crippen molar-refractivity contribution in [3.8, 4) is 0 Å². The van der Waals surface area contributed by atoms with Gasteiger partial charge in [0.05, 0.1) is 12.6 Å². The molecule has 2 N–H and O–H groups in total. The molecule has 0 aliphatic carbocycles. The molecule has 5 heteroatoms. The summed E-state index contributed by atoms with van der Waals surface area (Å²) in [6.07, 6.45) is 0.336. The van der Waals surface area contributed by atoms with Gasteiger partial charge in [0.2, 0.25) is 5.91 Å². The largest absolute Gasteiger partial charge is 0.381 e. The van der Waals surface area contributed by atoms with Gasteiger partial charge in [-0.2, -0.15) is 0 Å². The number of ether oxygens (including phenoxy) is 1. The van der Waals surface area contributed by atoms with Crippen LogP contribution in [-0.4, -0.2) is 25.0 Å². The Labute approximate surface area is 148 Å². The van der Waals surface area contributed by atoms with Crippen LogP contribution in [0.15, 0.2) is 54.6 Å². The van der Waals surface area contributed by atoms with E-state index in [-0.39, 0.29) is 17.9 Å². The number of amides is 2. The second kappa shape index (κ2) is 9.59. The third-order valence-electron chi connectivity index (χ3n) is 3.74. The summed E-state index contributed by atoms with van der Waals surface area (Å²) >= 11 is 0. The van der Waals surface area contributed by atoms with E-state index in [1.54, 1.807) is 12.1 Å². The van der Waals surface area contributed by atoms with Crippen molar-refractivity contribution < 1.29 is 14.3 Å². The van der Waals surface area contributed by atoms with Crippen molar-refractivity contribution in [2.75, 3.05) is 18.5 Å². The molecule has 2 aromatic rings. The maximum absolute atomic E-state index is 12.2. The van der Waals surface area contributed by atoms with Gasteiger partial charge < -0.3 is 15.4 Å². The molecule has 0 spiro atoms. The Kier molecular flexibility index (Phi) is 7.16. The fourth-order valence-corrected chi connectivity index (χ4v) is 2.38. The van der Waals surface area contributed by atoms with Crippen molar-refractivity contribution in [1.29, 1.82) is 0 Å². The van der Waals surface area contributed by atoms with Gasteiger partial charge in [0.1, 0.15) is 0 Å². The number of carbonyl (C=O) groups excluding carboxylic acids is 2. The molecule has 2 rings (SSSR count). The van der Waals surface area contributed by atoms with Gasteiger partial charge in [-0.05, 0) is 43.7 Å². The van der Waals surface area contributed by atoms with Gasteiger partial charge in [-0.3, -0.25) is 9.59 Å². The quantitative estimate of drug-likeness (QED) is 0.722. The Morgan fingerprint density at radius 3 is 2.56 bits per heavy atom. The van der Waals surface area contributed by atoms with E-state index in [4.69, 9.17) is 4.74 Å². The first-order valence-electron chi connectivity index (χ1n) is 8.43. The number of hydrogen-bond donors (Lipinski definition) is 2. The van der Waals surface area contributed by atoms with Gasteiger partial charge in [0.25, 0.3) is 5.91 Å². The first-order valence-corrected chi connectivity index (χ1v) is 8.43. The molecule has 0 aliphatic heterocycles. The predicted octanol–water partition coefficient (Wildman–Crippen LogP) is 3.54. The lowest BCUT2D eigenvalue weighted by molar-refractivity contribution is -0.122. The van der Waals surface area contributed by atoms with E-state index in [0.29, 0.717) is 30.9 Å². The van der Waals surface area contributed by atoms with Crippen molar-refractivity contribution in [2.24, 2.45) is 0 Å². The minimum absolute atomic E-state index is 0.0559. The number of hydrogen-bond acceptors (Lipinski definition) is 3. The molecule has 1 unspecified atom stereocenters. The Balaban J connectivity index is 1.96. The molecule has 0 aromatic heterocycles. The molecule has 5 nitrogen and oxygen atoms in total. The summed E-state index contributed by atoms with van der Waals surface area (Å²) in [6.45, 7) is 4.83. The first-order chi connectivity index (χ1) is 12.1. The van der Waals surface area contributed by atoms with Crippen LogP contribution in [0.5, 0.6) is 0 Å². The van der Waals surface area contributed by atoms with E-state index in [1.807, 2.05) is 56.3 Å². The van der Waals surface area contributed by atoms with Crippen molar-refractivity contribution >= 4 is 17.5 Å². The summed E-state index contributed by atoms with van der Waals surface area (Å²) in [7, 11) is 0. The van der Waals surface area contributed by atoms with Gasteiger partial charge in [-0.25, -0.2) is 0 Å². The monoisotopic (exact) mass is 340 g/mol. The number of nitrogens with one attached hydrogen (secondary N) is 2. The Hall–Kier alpha value is -2.66. The topological polar surface area (TPSA) is 67.4 Å². The minimum atomic E-state index is -0.161. The lowest BCUT2D eigenvalue weighted by Crippen LogP contribution is -2.27. The molecule has 0 saturated carbocycles. The van der Waals surface area contributed by atoms with Crippen molar-refractivity contribution in [2.45, 2.75) is 26.3 Å². The van der Waals surface area contributed by atoms with E-state index in [1.165, 1.54) is 0 Å². The molecule has 0 bridgehead atoms. The van der Waals surface area contributed by atoms with E-state index in [2.05, 4.69) is 10.6 Å². The summed E-state index contributed by atoms with van der Waals surface area (Å²) in [5.41, 5.74) is 2.22. The first kappa shape index (κ1) is 18.7. The zero-order valence-electron chi connectivity index (χ0n) is 14.6. The van der Waals surface area contributed by atoms with Crippen molar-refractivity contribution in [3.05, 3.63) is 65.7 Å². The average Bonchev–Trinajstić information content (AvgIpc) is 2.63. The highest BCUT2D eigenvalue weighted by Gasteiger charge is 2.11. The second-order valence-corrected chi connectivity index (χ2v) is 5.68. The highest BCUT2D eigenvalue weighted by molar-refractivity contribution is 6.04.